The first kappa shape index (κ1) is 13.7. The van der Waals surface area contributed by atoms with Crippen LogP contribution in [0.3, 0.4) is 0 Å². The average molecular weight is 283 g/mol. The number of carbonyl (C=O) groups is 1. The molecule has 1 aromatic rings. The van der Waals surface area contributed by atoms with Crippen LogP contribution >= 0.6 is 11.5 Å². The predicted molar refractivity (Wildman–Crippen MR) is 71.5 cm³/mol. The first-order chi connectivity index (χ1) is 9.06. The van der Waals surface area contributed by atoms with Gasteiger partial charge in [0.05, 0.1) is 11.7 Å². The molecule has 1 saturated heterocycles. The molecule has 2 heterocycles. The third kappa shape index (κ3) is 2.53. The molecule has 1 unspecified atom stereocenters. The summed E-state index contributed by atoms with van der Waals surface area (Å²) in [5, 5.41) is 15.8. The van der Waals surface area contributed by atoms with Crippen LogP contribution in [0.5, 0.6) is 0 Å². The Balaban J connectivity index is 2.26. The molecule has 19 heavy (non-hydrogen) atoms. The molecule has 7 nitrogen and oxygen atoms in total. The summed E-state index contributed by atoms with van der Waals surface area (Å²) in [5.41, 5.74) is 6.34. The van der Waals surface area contributed by atoms with Crippen LogP contribution in [0.1, 0.15) is 48.0 Å². The second-order valence-electron chi connectivity index (χ2n) is 4.82. The molecule has 8 heteroatoms. The van der Waals surface area contributed by atoms with Crippen LogP contribution in [0.25, 0.3) is 0 Å². The lowest BCUT2D eigenvalue weighted by Crippen LogP contribution is -2.43. The van der Waals surface area contributed by atoms with Gasteiger partial charge in [0.15, 0.2) is 5.84 Å². The van der Waals surface area contributed by atoms with Crippen molar-refractivity contribution < 1.29 is 10.0 Å². The van der Waals surface area contributed by atoms with Crippen molar-refractivity contribution >= 4 is 23.3 Å². The molecule has 1 atom stereocenters. The minimum absolute atomic E-state index is 0.0782. The second-order valence-corrected chi connectivity index (χ2v) is 5.58. The van der Waals surface area contributed by atoms with Crippen LogP contribution in [0.15, 0.2) is 5.16 Å². The van der Waals surface area contributed by atoms with Gasteiger partial charge in [-0.2, -0.15) is 0 Å². The van der Waals surface area contributed by atoms with E-state index < -0.39 is 0 Å². The maximum atomic E-state index is 12.5. The van der Waals surface area contributed by atoms with Gasteiger partial charge in [0, 0.05) is 6.54 Å². The van der Waals surface area contributed by atoms with Gasteiger partial charge >= 0.3 is 0 Å². The zero-order valence-corrected chi connectivity index (χ0v) is 11.7. The van der Waals surface area contributed by atoms with E-state index in [1.165, 1.54) is 0 Å². The van der Waals surface area contributed by atoms with Gasteiger partial charge in [-0.25, -0.2) is 0 Å². The minimum atomic E-state index is -0.334. The number of likely N-dealkylation sites (tertiary alicyclic amines) is 1. The van der Waals surface area contributed by atoms with Gasteiger partial charge in [0.2, 0.25) is 0 Å². The Hall–Kier alpha value is -1.70. The maximum absolute atomic E-state index is 12.5. The van der Waals surface area contributed by atoms with Crippen LogP contribution in [0.4, 0.5) is 0 Å². The van der Waals surface area contributed by atoms with Gasteiger partial charge in [-0.3, -0.25) is 4.79 Å². The molecule has 0 radical (unpaired) electrons. The van der Waals surface area contributed by atoms with E-state index in [-0.39, 0.29) is 23.7 Å². The van der Waals surface area contributed by atoms with Crippen molar-refractivity contribution in [3.05, 3.63) is 10.6 Å². The SMILES string of the molecule is CC(C)c1nnsc1C(=O)N1CCCC1C(N)=NO. The number of nitrogens with zero attached hydrogens (tertiary/aromatic N) is 4. The predicted octanol–water partition coefficient (Wildman–Crippen LogP) is 1.01. The Morgan fingerprint density at radius 2 is 2.37 bits per heavy atom. The molecule has 1 fully saturated rings. The third-order valence-electron chi connectivity index (χ3n) is 3.22. The van der Waals surface area contributed by atoms with Gasteiger partial charge < -0.3 is 15.8 Å². The largest absolute Gasteiger partial charge is 0.409 e. The highest BCUT2D eigenvalue weighted by molar-refractivity contribution is 7.08. The fraction of sp³-hybridized carbons (Fsp3) is 0.636. The highest BCUT2D eigenvalue weighted by Crippen LogP contribution is 2.25. The number of rotatable bonds is 3. The summed E-state index contributed by atoms with van der Waals surface area (Å²) in [6.45, 7) is 4.55. The monoisotopic (exact) mass is 283 g/mol. The number of hydrogen-bond donors (Lipinski definition) is 2. The summed E-state index contributed by atoms with van der Waals surface area (Å²) in [6, 6.07) is -0.334. The van der Waals surface area contributed by atoms with E-state index in [1.807, 2.05) is 13.8 Å². The Morgan fingerprint density at radius 3 is 3.00 bits per heavy atom. The lowest BCUT2D eigenvalue weighted by atomic mass is 10.1. The highest BCUT2D eigenvalue weighted by Gasteiger charge is 2.34. The number of carbonyl (C=O) groups excluding carboxylic acids is 1. The van der Waals surface area contributed by atoms with Gasteiger partial charge in [-0.1, -0.05) is 23.5 Å². The topological polar surface area (TPSA) is 105 Å². The quantitative estimate of drug-likeness (QED) is 0.373. The molecule has 1 aliphatic heterocycles. The lowest BCUT2D eigenvalue weighted by molar-refractivity contribution is 0.0771. The van der Waals surface area contributed by atoms with Gasteiger partial charge in [0.25, 0.3) is 5.91 Å². The van der Waals surface area contributed by atoms with Crippen LogP contribution in [-0.4, -0.2) is 44.0 Å². The van der Waals surface area contributed by atoms with Crippen molar-refractivity contribution in [1.29, 1.82) is 0 Å². The van der Waals surface area contributed by atoms with E-state index in [2.05, 4.69) is 14.7 Å². The molecule has 0 saturated carbocycles. The lowest BCUT2D eigenvalue weighted by Gasteiger charge is -2.23. The Morgan fingerprint density at radius 1 is 1.63 bits per heavy atom. The zero-order valence-electron chi connectivity index (χ0n) is 10.9. The average Bonchev–Trinajstić information content (AvgIpc) is 3.05. The summed E-state index contributed by atoms with van der Waals surface area (Å²) in [4.78, 5) is 14.7. The Kier molecular flexibility index (Phi) is 3.98. The number of oxime groups is 1. The van der Waals surface area contributed by atoms with Crippen molar-refractivity contribution in [1.82, 2.24) is 14.5 Å². The van der Waals surface area contributed by atoms with E-state index in [1.54, 1.807) is 4.90 Å². The van der Waals surface area contributed by atoms with Crippen LogP contribution in [-0.2, 0) is 0 Å². The van der Waals surface area contributed by atoms with Crippen LogP contribution < -0.4 is 5.73 Å². The summed E-state index contributed by atoms with van der Waals surface area (Å²) >= 11 is 1.10. The van der Waals surface area contributed by atoms with Crippen molar-refractivity contribution in [2.75, 3.05) is 6.54 Å². The van der Waals surface area contributed by atoms with E-state index in [4.69, 9.17) is 10.9 Å². The molecular weight excluding hydrogens is 266 g/mol. The van der Waals surface area contributed by atoms with Crippen molar-refractivity contribution in [3.63, 3.8) is 0 Å². The summed E-state index contributed by atoms with van der Waals surface area (Å²) in [7, 11) is 0. The minimum Gasteiger partial charge on any atom is -0.409 e. The molecule has 0 bridgehead atoms. The number of hydrogen-bond acceptors (Lipinski definition) is 6. The first-order valence-electron chi connectivity index (χ1n) is 6.17. The number of aromatic nitrogens is 2. The zero-order chi connectivity index (χ0) is 14.0. The van der Waals surface area contributed by atoms with Gasteiger partial charge in [0.1, 0.15) is 4.88 Å². The molecule has 2 rings (SSSR count). The summed E-state index contributed by atoms with van der Waals surface area (Å²) in [5.74, 6) is 0.0878. The van der Waals surface area contributed by atoms with E-state index in [0.717, 1.165) is 18.0 Å². The standard InChI is InChI=1S/C11H17N5O2S/c1-6(2)8-9(19-15-13-8)11(17)16-5-3-4-7(16)10(12)14-18/h6-7,18H,3-5H2,1-2H3,(H2,12,14). The second kappa shape index (κ2) is 5.52. The number of amidine groups is 1. The molecular formula is C11H17N5O2S. The third-order valence-corrected chi connectivity index (χ3v) is 3.95. The van der Waals surface area contributed by atoms with Crippen molar-refractivity contribution in [2.45, 2.75) is 38.6 Å². The first-order valence-corrected chi connectivity index (χ1v) is 6.94. The van der Waals surface area contributed by atoms with E-state index in [0.29, 0.717) is 23.5 Å². The molecule has 3 N–H and O–H groups in total. The fourth-order valence-electron chi connectivity index (χ4n) is 2.24. The Bertz CT molecular complexity index is 499. The van der Waals surface area contributed by atoms with Crippen molar-refractivity contribution in [3.8, 4) is 0 Å². The molecule has 1 aliphatic rings. The highest BCUT2D eigenvalue weighted by atomic mass is 32.1. The van der Waals surface area contributed by atoms with Crippen LogP contribution in [0, 0.1) is 0 Å². The molecule has 0 spiro atoms. The van der Waals surface area contributed by atoms with E-state index >= 15 is 0 Å². The Labute approximate surface area is 115 Å². The molecule has 1 aromatic heterocycles. The smallest absolute Gasteiger partial charge is 0.268 e. The van der Waals surface area contributed by atoms with E-state index in [9.17, 15) is 4.79 Å². The van der Waals surface area contributed by atoms with Crippen molar-refractivity contribution in [2.24, 2.45) is 10.9 Å². The van der Waals surface area contributed by atoms with Gasteiger partial charge in [-0.05, 0) is 30.3 Å². The normalized spacial score (nSPS) is 20.3. The molecule has 1 amide bonds. The van der Waals surface area contributed by atoms with Gasteiger partial charge in [-0.15, -0.1) is 5.10 Å². The summed E-state index contributed by atoms with van der Waals surface area (Å²) in [6.07, 6.45) is 1.56. The van der Waals surface area contributed by atoms with Crippen LogP contribution in [0.2, 0.25) is 0 Å². The maximum Gasteiger partial charge on any atom is 0.268 e. The fourth-order valence-corrected chi connectivity index (χ4v) is 3.01. The number of amides is 1. The summed E-state index contributed by atoms with van der Waals surface area (Å²) < 4.78 is 3.86. The number of nitrogens with two attached hydrogens (primary N) is 1. The molecule has 0 aromatic carbocycles. The molecule has 104 valence electrons. The molecule has 0 aliphatic carbocycles.